The van der Waals surface area contributed by atoms with Crippen molar-refractivity contribution in [3.05, 3.63) is 17.2 Å². The number of aromatic hydroxyl groups is 1. The molecule has 0 spiro atoms. The van der Waals surface area contributed by atoms with Crippen molar-refractivity contribution >= 4 is 33.2 Å². The lowest BCUT2D eigenvalue weighted by Gasteiger charge is -2.31. The third-order valence-electron chi connectivity index (χ3n) is 4.56. The Balaban J connectivity index is 2.21. The van der Waals surface area contributed by atoms with E-state index in [9.17, 15) is 18.3 Å². The topological polar surface area (TPSA) is 105 Å². The van der Waals surface area contributed by atoms with E-state index in [0.29, 0.717) is 0 Å². The van der Waals surface area contributed by atoms with Gasteiger partial charge in [-0.2, -0.15) is 0 Å². The number of halogens is 1. The first-order chi connectivity index (χ1) is 12.2. The number of hydrogen-bond donors (Lipinski definition) is 3. The van der Waals surface area contributed by atoms with Gasteiger partial charge in [-0.25, -0.2) is 13.2 Å². The molecule has 1 aromatic rings. The number of sulfone groups is 1. The fraction of sp³-hybridized carbons (Fsp3) is 0.588. The van der Waals surface area contributed by atoms with E-state index in [1.807, 2.05) is 0 Å². The summed E-state index contributed by atoms with van der Waals surface area (Å²) in [5.41, 5.74) is -0.0177. The van der Waals surface area contributed by atoms with E-state index in [-0.39, 0.29) is 27.8 Å². The summed E-state index contributed by atoms with van der Waals surface area (Å²) in [4.78, 5) is 11.9. The second kappa shape index (κ2) is 8.45. The molecule has 1 aromatic carbocycles. The van der Waals surface area contributed by atoms with Crippen LogP contribution >= 0.6 is 11.6 Å². The zero-order chi connectivity index (χ0) is 19.5. The van der Waals surface area contributed by atoms with Crippen molar-refractivity contribution in [2.75, 3.05) is 12.4 Å². The highest BCUT2D eigenvalue weighted by Crippen LogP contribution is 2.38. The van der Waals surface area contributed by atoms with E-state index in [0.717, 1.165) is 25.7 Å². The number of phenolic OH excluding ortho intramolecular Hbond substituents is 1. The fourth-order valence-corrected chi connectivity index (χ4v) is 4.69. The molecule has 146 valence electrons. The normalized spacial score (nSPS) is 20.8. The number of hydrogen-bond acceptors (Lipinski definition) is 5. The molecule has 7 nitrogen and oxygen atoms in total. The summed E-state index contributed by atoms with van der Waals surface area (Å²) in [7, 11) is -2.20. The smallest absolute Gasteiger partial charge is 0.319 e. The van der Waals surface area contributed by atoms with Gasteiger partial charge < -0.3 is 20.5 Å². The van der Waals surface area contributed by atoms with Crippen molar-refractivity contribution < 1.29 is 23.1 Å². The molecule has 0 saturated heterocycles. The first kappa shape index (κ1) is 20.8. The number of methoxy groups -OCH3 is 1. The quantitative estimate of drug-likeness (QED) is 0.653. The minimum atomic E-state index is -3.81. The minimum absolute atomic E-state index is 0.0177. The van der Waals surface area contributed by atoms with Gasteiger partial charge >= 0.3 is 6.03 Å². The first-order valence-electron chi connectivity index (χ1n) is 8.54. The van der Waals surface area contributed by atoms with Gasteiger partial charge in [0.15, 0.2) is 15.6 Å². The highest BCUT2D eigenvalue weighted by atomic mass is 35.5. The second-order valence-corrected chi connectivity index (χ2v) is 9.48. The largest absolute Gasteiger partial charge is 0.504 e. The number of carbonyl (C=O) groups is 1. The third kappa shape index (κ3) is 4.42. The number of benzene rings is 1. The van der Waals surface area contributed by atoms with Crippen LogP contribution < -0.4 is 10.6 Å². The summed E-state index contributed by atoms with van der Waals surface area (Å²) >= 11 is 5.98. The average Bonchev–Trinajstić information content (AvgIpc) is 2.57. The zero-order valence-corrected chi connectivity index (χ0v) is 16.7. The molecule has 1 saturated carbocycles. The molecule has 2 unspecified atom stereocenters. The van der Waals surface area contributed by atoms with Crippen molar-refractivity contribution in [1.82, 2.24) is 5.32 Å². The third-order valence-corrected chi connectivity index (χ3v) is 7.21. The predicted molar refractivity (Wildman–Crippen MR) is 101 cm³/mol. The Morgan fingerprint density at radius 1 is 1.31 bits per heavy atom. The molecule has 0 aliphatic heterocycles. The van der Waals surface area contributed by atoms with Gasteiger partial charge in [-0.3, -0.25) is 0 Å². The molecule has 2 rings (SSSR count). The van der Waals surface area contributed by atoms with E-state index in [4.69, 9.17) is 16.3 Å². The SMILES string of the molecule is COC1CCCCC1NC(=O)Nc1ccc(Cl)c(S(=O)(=O)C(C)C)c1O. The summed E-state index contributed by atoms with van der Waals surface area (Å²) < 4.78 is 30.2. The molecular weight excluding hydrogens is 380 g/mol. The molecule has 9 heteroatoms. The van der Waals surface area contributed by atoms with Gasteiger partial charge in [0.25, 0.3) is 0 Å². The van der Waals surface area contributed by atoms with Crippen LogP contribution in [0.4, 0.5) is 10.5 Å². The Hall–Kier alpha value is -1.51. The van der Waals surface area contributed by atoms with Crippen LogP contribution in [0.2, 0.25) is 5.02 Å². The second-order valence-electron chi connectivity index (χ2n) is 6.63. The molecule has 2 atom stereocenters. The van der Waals surface area contributed by atoms with Gasteiger partial charge in [0.05, 0.1) is 28.1 Å². The van der Waals surface area contributed by atoms with Gasteiger partial charge in [0.1, 0.15) is 4.90 Å². The Kier molecular flexibility index (Phi) is 6.76. The van der Waals surface area contributed by atoms with Gasteiger partial charge in [0, 0.05) is 7.11 Å². The Morgan fingerprint density at radius 2 is 1.96 bits per heavy atom. The van der Waals surface area contributed by atoms with Crippen molar-refractivity contribution in [3.63, 3.8) is 0 Å². The highest BCUT2D eigenvalue weighted by Gasteiger charge is 2.29. The van der Waals surface area contributed by atoms with Gasteiger partial charge in [-0.15, -0.1) is 0 Å². The first-order valence-corrected chi connectivity index (χ1v) is 10.5. The minimum Gasteiger partial charge on any atom is -0.504 e. The Labute approximate surface area is 159 Å². The van der Waals surface area contributed by atoms with E-state index < -0.39 is 26.9 Å². The number of rotatable bonds is 5. The molecule has 2 amide bonds. The molecule has 0 radical (unpaired) electrons. The fourth-order valence-electron chi connectivity index (χ4n) is 3.02. The van der Waals surface area contributed by atoms with Crippen molar-refractivity contribution in [2.24, 2.45) is 0 Å². The lowest BCUT2D eigenvalue weighted by Crippen LogP contribution is -2.47. The lowest BCUT2D eigenvalue weighted by molar-refractivity contribution is 0.0459. The number of amides is 2. The van der Waals surface area contributed by atoms with Crippen molar-refractivity contribution in [1.29, 1.82) is 0 Å². The Morgan fingerprint density at radius 3 is 2.58 bits per heavy atom. The monoisotopic (exact) mass is 404 g/mol. The number of nitrogens with one attached hydrogen (secondary N) is 2. The van der Waals surface area contributed by atoms with Crippen LogP contribution in [0, 0.1) is 0 Å². The van der Waals surface area contributed by atoms with Crippen LogP contribution in [0.25, 0.3) is 0 Å². The van der Waals surface area contributed by atoms with Crippen molar-refractivity contribution in [3.8, 4) is 5.75 Å². The highest BCUT2D eigenvalue weighted by molar-refractivity contribution is 7.92. The molecule has 0 aromatic heterocycles. The summed E-state index contributed by atoms with van der Waals surface area (Å²) in [6.45, 7) is 2.98. The van der Waals surface area contributed by atoms with Crippen LogP contribution in [-0.4, -0.2) is 44.1 Å². The molecule has 0 heterocycles. The number of carbonyl (C=O) groups excluding carboxylic acids is 1. The molecule has 0 bridgehead atoms. The maximum absolute atomic E-state index is 12.4. The van der Waals surface area contributed by atoms with Crippen LogP contribution in [0.15, 0.2) is 17.0 Å². The maximum atomic E-state index is 12.4. The van der Waals surface area contributed by atoms with E-state index in [2.05, 4.69) is 10.6 Å². The summed E-state index contributed by atoms with van der Waals surface area (Å²) in [5, 5.41) is 14.8. The van der Waals surface area contributed by atoms with Crippen molar-refractivity contribution in [2.45, 2.75) is 61.8 Å². The van der Waals surface area contributed by atoms with Crippen LogP contribution in [0.5, 0.6) is 5.75 Å². The van der Waals surface area contributed by atoms with Crippen LogP contribution in [0.3, 0.4) is 0 Å². The van der Waals surface area contributed by atoms with E-state index in [1.54, 1.807) is 7.11 Å². The maximum Gasteiger partial charge on any atom is 0.319 e. The van der Waals surface area contributed by atoms with E-state index in [1.165, 1.54) is 26.0 Å². The molecular formula is C17H25ClN2O5S. The molecule has 1 aliphatic rings. The summed E-state index contributed by atoms with van der Waals surface area (Å²) in [6, 6.07) is 2.03. The van der Waals surface area contributed by atoms with Gasteiger partial charge in [-0.1, -0.05) is 24.4 Å². The standard InChI is InChI=1S/C17H25ClN2O5S/c1-10(2)26(23,24)16-11(18)8-9-13(15(16)21)20-17(22)19-12-6-4-5-7-14(12)25-3/h8-10,12,14,21H,4-7H2,1-3H3,(H2,19,20,22). The molecule has 26 heavy (non-hydrogen) atoms. The number of urea groups is 1. The van der Waals surface area contributed by atoms with E-state index >= 15 is 0 Å². The summed E-state index contributed by atoms with van der Waals surface area (Å²) in [5.74, 6) is -0.562. The van der Waals surface area contributed by atoms with Gasteiger partial charge in [-0.05, 0) is 38.8 Å². The lowest BCUT2D eigenvalue weighted by atomic mass is 9.92. The molecule has 1 fully saturated rings. The average molecular weight is 405 g/mol. The Bertz CT molecular complexity index is 767. The number of ether oxygens (including phenoxy) is 1. The predicted octanol–water partition coefficient (Wildman–Crippen LogP) is 3.31. The van der Waals surface area contributed by atoms with Gasteiger partial charge in [0.2, 0.25) is 0 Å². The van der Waals surface area contributed by atoms with Crippen LogP contribution in [-0.2, 0) is 14.6 Å². The van der Waals surface area contributed by atoms with Crippen LogP contribution in [0.1, 0.15) is 39.5 Å². The summed E-state index contributed by atoms with van der Waals surface area (Å²) in [6.07, 6.45) is 3.64. The zero-order valence-electron chi connectivity index (χ0n) is 15.1. The molecule has 1 aliphatic carbocycles. The molecule has 3 N–H and O–H groups in total. The number of phenols is 1. The number of anilines is 1.